The molecule has 0 aliphatic carbocycles. The molecule has 2 aliphatic rings. The monoisotopic (exact) mass is 340 g/mol. The van der Waals surface area contributed by atoms with Crippen molar-refractivity contribution in [2.24, 2.45) is 0 Å². The van der Waals surface area contributed by atoms with Gasteiger partial charge in [0.05, 0.1) is 0 Å². The van der Waals surface area contributed by atoms with Crippen LogP contribution in [0.25, 0.3) is 0 Å². The quantitative estimate of drug-likeness (QED) is 0.861. The van der Waals surface area contributed by atoms with Crippen molar-refractivity contribution in [2.75, 3.05) is 45.9 Å². The fourth-order valence-electron chi connectivity index (χ4n) is 3.24. The van der Waals surface area contributed by atoms with E-state index in [4.69, 9.17) is 4.74 Å². The van der Waals surface area contributed by atoms with Gasteiger partial charge in [0.15, 0.2) is 11.4 Å². The van der Waals surface area contributed by atoms with E-state index in [1.54, 1.807) is 11.0 Å². The first-order valence-corrected chi connectivity index (χ1v) is 8.25. The van der Waals surface area contributed by atoms with Gasteiger partial charge in [-0.05, 0) is 18.6 Å². The lowest BCUT2D eigenvalue weighted by Crippen LogP contribution is -2.49. The smallest absolute Gasteiger partial charge is 0.276 e. The van der Waals surface area contributed by atoms with E-state index in [1.807, 2.05) is 0 Å². The lowest BCUT2D eigenvalue weighted by atomic mass is 10.2. The molecule has 1 aromatic heterocycles. The van der Waals surface area contributed by atoms with Gasteiger partial charge in [0, 0.05) is 51.5 Å². The average molecular weight is 340 g/mol. The SMILES string of the molecule is O=C(c1ncccc1OCC(F)F)N1CCC(N2CCNCC2)C1. The highest BCUT2D eigenvalue weighted by molar-refractivity contribution is 5.95. The van der Waals surface area contributed by atoms with Crippen LogP contribution in [0.2, 0.25) is 0 Å². The first-order chi connectivity index (χ1) is 11.6. The van der Waals surface area contributed by atoms with Gasteiger partial charge in [0.25, 0.3) is 12.3 Å². The van der Waals surface area contributed by atoms with Gasteiger partial charge < -0.3 is 15.0 Å². The molecule has 3 rings (SSSR count). The molecule has 0 radical (unpaired) electrons. The number of nitrogens with zero attached hydrogens (tertiary/aromatic N) is 3. The third-order valence-electron chi connectivity index (χ3n) is 4.46. The number of likely N-dealkylation sites (tertiary alicyclic amines) is 1. The minimum absolute atomic E-state index is 0.110. The topological polar surface area (TPSA) is 57.7 Å². The highest BCUT2D eigenvalue weighted by atomic mass is 19.3. The molecule has 1 unspecified atom stereocenters. The van der Waals surface area contributed by atoms with E-state index < -0.39 is 13.0 Å². The van der Waals surface area contributed by atoms with Crippen molar-refractivity contribution in [3.8, 4) is 5.75 Å². The van der Waals surface area contributed by atoms with Crippen LogP contribution in [0.1, 0.15) is 16.9 Å². The van der Waals surface area contributed by atoms with Crippen LogP contribution in [-0.2, 0) is 0 Å². The predicted molar refractivity (Wildman–Crippen MR) is 84.5 cm³/mol. The van der Waals surface area contributed by atoms with Crippen molar-refractivity contribution in [2.45, 2.75) is 18.9 Å². The number of carbonyl (C=O) groups excluding carboxylic acids is 1. The van der Waals surface area contributed by atoms with Gasteiger partial charge >= 0.3 is 0 Å². The molecule has 1 amide bonds. The first-order valence-electron chi connectivity index (χ1n) is 8.25. The number of pyridine rings is 1. The molecule has 3 heterocycles. The number of hydrogen-bond donors (Lipinski definition) is 1. The molecular weight excluding hydrogens is 318 g/mol. The predicted octanol–water partition coefficient (Wildman–Crippen LogP) is 0.845. The Morgan fingerprint density at radius 3 is 2.92 bits per heavy atom. The van der Waals surface area contributed by atoms with Crippen molar-refractivity contribution in [3.63, 3.8) is 0 Å². The summed E-state index contributed by atoms with van der Waals surface area (Å²) in [5, 5.41) is 3.32. The largest absolute Gasteiger partial charge is 0.485 e. The Balaban J connectivity index is 1.64. The second-order valence-electron chi connectivity index (χ2n) is 6.03. The number of ether oxygens (including phenoxy) is 1. The molecule has 2 aliphatic heterocycles. The van der Waals surface area contributed by atoms with E-state index in [0.29, 0.717) is 19.1 Å². The molecule has 8 heteroatoms. The number of halogens is 2. The molecule has 0 spiro atoms. The number of aromatic nitrogens is 1. The van der Waals surface area contributed by atoms with Gasteiger partial charge in [-0.15, -0.1) is 0 Å². The lowest BCUT2D eigenvalue weighted by molar-refractivity contribution is 0.0718. The van der Waals surface area contributed by atoms with Gasteiger partial charge in [-0.2, -0.15) is 0 Å². The molecule has 0 saturated carbocycles. The van der Waals surface area contributed by atoms with Crippen molar-refractivity contribution < 1.29 is 18.3 Å². The van der Waals surface area contributed by atoms with Crippen LogP contribution in [0, 0.1) is 0 Å². The number of amides is 1. The Morgan fingerprint density at radius 1 is 1.38 bits per heavy atom. The summed E-state index contributed by atoms with van der Waals surface area (Å²) in [4.78, 5) is 20.9. The number of nitrogens with one attached hydrogen (secondary N) is 1. The lowest BCUT2D eigenvalue weighted by Gasteiger charge is -2.32. The summed E-state index contributed by atoms with van der Waals surface area (Å²) in [6, 6.07) is 3.43. The van der Waals surface area contributed by atoms with Crippen molar-refractivity contribution in [1.29, 1.82) is 0 Å². The number of carbonyl (C=O) groups is 1. The third kappa shape index (κ3) is 3.99. The van der Waals surface area contributed by atoms with Crippen molar-refractivity contribution in [1.82, 2.24) is 20.1 Å². The first kappa shape index (κ1) is 17.0. The van der Waals surface area contributed by atoms with Crippen LogP contribution in [0.15, 0.2) is 18.3 Å². The molecule has 6 nitrogen and oxygen atoms in total. The van der Waals surface area contributed by atoms with Crippen LogP contribution < -0.4 is 10.1 Å². The van der Waals surface area contributed by atoms with E-state index in [2.05, 4.69) is 15.2 Å². The molecule has 132 valence electrons. The normalized spacial score (nSPS) is 22.1. The molecule has 0 aromatic carbocycles. The maximum Gasteiger partial charge on any atom is 0.276 e. The molecule has 2 saturated heterocycles. The Bertz CT molecular complexity index is 567. The summed E-state index contributed by atoms with van der Waals surface area (Å²) in [5.41, 5.74) is 0.110. The standard InChI is InChI=1S/C16H22F2N4O2/c17-14(18)11-24-13-2-1-4-20-15(13)16(23)22-7-3-12(10-22)21-8-5-19-6-9-21/h1-2,4,12,14,19H,3,5-11H2. The fourth-order valence-corrected chi connectivity index (χ4v) is 3.24. The Hall–Kier alpha value is -1.80. The highest BCUT2D eigenvalue weighted by Gasteiger charge is 2.32. The molecule has 24 heavy (non-hydrogen) atoms. The maximum absolute atomic E-state index is 12.7. The number of hydrogen-bond acceptors (Lipinski definition) is 5. The van der Waals surface area contributed by atoms with Crippen LogP contribution in [0.5, 0.6) is 5.75 Å². The second kappa shape index (κ2) is 7.85. The Labute approximate surface area is 139 Å². The maximum atomic E-state index is 12.7. The van der Waals surface area contributed by atoms with Crippen LogP contribution in [0.3, 0.4) is 0 Å². The summed E-state index contributed by atoms with van der Waals surface area (Å²) in [6.07, 6.45) is -0.185. The fraction of sp³-hybridized carbons (Fsp3) is 0.625. The Kier molecular flexibility index (Phi) is 5.57. The second-order valence-corrected chi connectivity index (χ2v) is 6.03. The molecule has 1 N–H and O–H groups in total. The minimum Gasteiger partial charge on any atom is -0.485 e. The zero-order valence-electron chi connectivity index (χ0n) is 13.5. The van der Waals surface area contributed by atoms with Crippen molar-refractivity contribution >= 4 is 5.91 Å². The van der Waals surface area contributed by atoms with E-state index in [-0.39, 0.29) is 17.4 Å². The summed E-state index contributed by atoms with van der Waals surface area (Å²) in [7, 11) is 0. The molecule has 2 fully saturated rings. The van der Waals surface area contributed by atoms with E-state index in [1.165, 1.54) is 12.3 Å². The van der Waals surface area contributed by atoms with Gasteiger partial charge in [0.1, 0.15) is 6.61 Å². The number of piperazine rings is 1. The van der Waals surface area contributed by atoms with E-state index >= 15 is 0 Å². The average Bonchev–Trinajstić information content (AvgIpc) is 3.10. The molecule has 1 aromatic rings. The van der Waals surface area contributed by atoms with Crippen LogP contribution in [0.4, 0.5) is 8.78 Å². The van der Waals surface area contributed by atoms with Crippen LogP contribution in [-0.4, -0.2) is 79.0 Å². The van der Waals surface area contributed by atoms with Gasteiger partial charge in [-0.25, -0.2) is 13.8 Å². The van der Waals surface area contributed by atoms with Gasteiger partial charge in [0.2, 0.25) is 0 Å². The molecule has 0 bridgehead atoms. The number of alkyl halides is 2. The summed E-state index contributed by atoms with van der Waals surface area (Å²) in [5.74, 6) is -0.133. The zero-order valence-corrected chi connectivity index (χ0v) is 13.5. The van der Waals surface area contributed by atoms with Crippen LogP contribution >= 0.6 is 0 Å². The van der Waals surface area contributed by atoms with Crippen molar-refractivity contribution in [3.05, 3.63) is 24.0 Å². The van der Waals surface area contributed by atoms with E-state index in [9.17, 15) is 13.6 Å². The minimum atomic E-state index is -2.59. The summed E-state index contributed by atoms with van der Waals surface area (Å²) >= 11 is 0. The van der Waals surface area contributed by atoms with E-state index in [0.717, 1.165) is 32.6 Å². The molecule has 1 atom stereocenters. The van der Waals surface area contributed by atoms with Gasteiger partial charge in [-0.3, -0.25) is 9.69 Å². The Morgan fingerprint density at radius 2 is 2.17 bits per heavy atom. The van der Waals surface area contributed by atoms with Gasteiger partial charge in [-0.1, -0.05) is 0 Å². The highest BCUT2D eigenvalue weighted by Crippen LogP contribution is 2.22. The third-order valence-corrected chi connectivity index (χ3v) is 4.46. The number of rotatable bonds is 5. The summed E-state index contributed by atoms with van der Waals surface area (Å²) < 4.78 is 29.8. The molecular formula is C16H22F2N4O2. The summed E-state index contributed by atoms with van der Waals surface area (Å²) in [6.45, 7) is 4.46. The zero-order chi connectivity index (χ0) is 16.9.